The van der Waals surface area contributed by atoms with Crippen molar-refractivity contribution in [3.05, 3.63) is 0 Å². The van der Waals surface area contributed by atoms with Gasteiger partial charge in [-0.1, -0.05) is 12.8 Å². The number of rotatable bonds is 2. The molecule has 0 aliphatic carbocycles. The molecule has 2 rings (SSSR count). The van der Waals surface area contributed by atoms with E-state index in [2.05, 4.69) is 23.1 Å². The lowest BCUT2D eigenvalue weighted by Gasteiger charge is -2.22. The molecular formula is C11H18N2. The van der Waals surface area contributed by atoms with Crippen LogP contribution >= 0.6 is 0 Å². The van der Waals surface area contributed by atoms with Gasteiger partial charge in [0.1, 0.15) is 0 Å². The van der Waals surface area contributed by atoms with Crippen LogP contribution in [0.3, 0.4) is 0 Å². The van der Waals surface area contributed by atoms with Crippen LogP contribution in [0.25, 0.3) is 0 Å². The van der Waals surface area contributed by atoms with Crippen LogP contribution in [0.5, 0.6) is 0 Å². The lowest BCUT2D eigenvalue weighted by molar-refractivity contribution is 0.265. The van der Waals surface area contributed by atoms with E-state index < -0.39 is 0 Å². The average molecular weight is 178 g/mol. The fraction of sp³-hybridized carbons (Fsp3) is 0.818. The molecule has 2 aliphatic heterocycles. The second-order valence-electron chi connectivity index (χ2n) is 4.22. The number of terminal acetylenes is 1. The zero-order valence-electron chi connectivity index (χ0n) is 8.29. The van der Waals surface area contributed by atoms with Crippen molar-refractivity contribution >= 4 is 0 Å². The summed E-state index contributed by atoms with van der Waals surface area (Å²) in [6, 6.07) is 0.380. The maximum Gasteiger partial charge on any atom is 0.0709 e. The highest BCUT2D eigenvalue weighted by Gasteiger charge is 2.37. The van der Waals surface area contributed by atoms with Gasteiger partial charge in [0, 0.05) is 13.1 Å². The van der Waals surface area contributed by atoms with Crippen molar-refractivity contribution in [3.63, 3.8) is 0 Å². The summed E-state index contributed by atoms with van der Waals surface area (Å²) in [4.78, 5) is 2.48. The summed E-state index contributed by atoms with van der Waals surface area (Å²) in [6.45, 7) is 6.99. The van der Waals surface area contributed by atoms with Crippen molar-refractivity contribution in [1.29, 1.82) is 0 Å². The number of nitrogens with one attached hydrogen (secondary N) is 1. The molecule has 1 unspecified atom stereocenters. The van der Waals surface area contributed by atoms with Gasteiger partial charge in [-0.05, 0) is 31.3 Å². The van der Waals surface area contributed by atoms with Crippen LogP contribution in [0.2, 0.25) is 0 Å². The molecule has 2 nitrogen and oxygen atoms in total. The third-order valence-electron chi connectivity index (χ3n) is 3.44. The minimum atomic E-state index is 0.380. The Labute approximate surface area is 80.7 Å². The predicted octanol–water partition coefficient (Wildman–Crippen LogP) is 0.549. The second kappa shape index (κ2) is 3.69. The first-order chi connectivity index (χ1) is 6.35. The largest absolute Gasteiger partial charge is 0.316 e. The molecule has 0 saturated carbocycles. The maximum atomic E-state index is 5.51. The molecule has 0 spiro atoms. The highest BCUT2D eigenvalue weighted by molar-refractivity contribution is 5.03. The summed E-state index contributed by atoms with van der Waals surface area (Å²) < 4.78 is 0. The van der Waals surface area contributed by atoms with Gasteiger partial charge in [0.25, 0.3) is 0 Å². The van der Waals surface area contributed by atoms with Gasteiger partial charge in [0.05, 0.1) is 6.04 Å². The minimum Gasteiger partial charge on any atom is -0.316 e. The Balaban J connectivity index is 1.95. The number of hydrogen-bond acceptors (Lipinski definition) is 2. The number of hydrogen-bond donors (Lipinski definition) is 1. The van der Waals surface area contributed by atoms with Crippen molar-refractivity contribution in [1.82, 2.24) is 10.2 Å². The summed E-state index contributed by atoms with van der Waals surface area (Å²) >= 11 is 0. The Kier molecular flexibility index (Phi) is 2.57. The van der Waals surface area contributed by atoms with Crippen molar-refractivity contribution in [3.8, 4) is 12.3 Å². The minimum absolute atomic E-state index is 0.380. The van der Waals surface area contributed by atoms with Gasteiger partial charge in [0.15, 0.2) is 0 Å². The quantitative estimate of drug-likeness (QED) is 0.621. The van der Waals surface area contributed by atoms with Crippen LogP contribution in [-0.4, -0.2) is 37.1 Å². The van der Waals surface area contributed by atoms with E-state index in [0.29, 0.717) is 6.04 Å². The molecule has 0 radical (unpaired) electrons. The molecule has 2 aliphatic rings. The highest BCUT2D eigenvalue weighted by atomic mass is 15.2. The number of likely N-dealkylation sites (tertiary alicyclic amines) is 1. The van der Waals surface area contributed by atoms with Crippen LogP contribution in [0.15, 0.2) is 0 Å². The van der Waals surface area contributed by atoms with E-state index in [1.807, 2.05) is 0 Å². The molecular weight excluding hydrogens is 160 g/mol. The van der Waals surface area contributed by atoms with Crippen LogP contribution in [-0.2, 0) is 0 Å². The molecule has 2 heterocycles. The summed E-state index contributed by atoms with van der Waals surface area (Å²) in [5.41, 5.74) is 0. The van der Waals surface area contributed by atoms with Crippen LogP contribution in [0.4, 0.5) is 0 Å². The Morgan fingerprint density at radius 1 is 1.46 bits per heavy atom. The predicted molar refractivity (Wildman–Crippen MR) is 54.3 cm³/mol. The molecule has 0 aromatic heterocycles. The second-order valence-corrected chi connectivity index (χ2v) is 4.22. The van der Waals surface area contributed by atoms with Crippen molar-refractivity contribution < 1.29 is 0 Å². The van der Waals surface area contributed by atoms with Gasteiger partial charge >= 0.3 is 0 Å². The molecule has 1 N–H and O–H groups in total. The number of fused-ring (bicyclic) bond motifs is 1. The van der Waals surface area contributed by atoms with E-state index in [9.17, 15) is 0 Å². The molecule has 0 amide bonds. The van der Waals surface area contributed by atoms with E-state index in [1.165, 1.54) is 26.2 Å². The Bertz CT molecular complexity index is 207. The average Bonchev–Trinajstić information content (AvgIpc) is 2.65. The summed E-state index contributed by atoms with van der Waals surface area (Å²) in [5, 5.41) is 3.44. The smallest absolute Gasteiger partial charge is 0.0709 e. The first-order valence-electron chi connectivity index (χ1n) is 5.26. The third-order valence-corrected chi connectivity index (χ3v) is 3.44. The fourth-order valence-electron chi connectivity index (χ4n) is 2.63. The standard InChI is InChI=1S/C11H18N2/c1-3-11(4-2)13-7-9-5-12-6-10(9)8-13/h1,9-12H,4-8H2,2H3/t9-,10+,11?. The third kappa shape index (κ3) is 1.59. The van der Waals surface area contributed by atoms with Gasteiger partial charge in [-0.15, -0.1) is 6.42 Å². The normalized spacial score (nSPS) is 35.7. The molecule has 0 aromatic carbocycles. The van der Waals surface area contributed by atoms with E-state index >= 15 is 0 Å². The van der Waals surface area contributed by atoms with Crippen molar-refractivity contribution in [2.24, 2.45) is 11.8 Å². The lowest BCUT2D eigenvalue weighted by Crippen LogP contribution is -2.34. The maximum absolute atomic E-state index is 5.51. The van der Waals surface area contributed by atoms with Gasteiger partial charge in [-0.3, -0.25) is 4.90 Å². The van der Waals surface area contributed by atoms with Gasteiger partial charge in [-0.2, -0.15) is 0 Å². The molecule has 13 heavy (non-hydrogen) atoms. The highest BCUT2D eigenvalue weighted by Crippen LogP contribution is 2.28. The summed E-state index contributed by atoms with van der Waals surface area (Å²) in [5.74, 6) is 4.62. The monoisotopic (exact) mass is 178 g/mol. The molecule has 2 saturated heterocycles. The fourth-order valence-corrected chi connectivity index (χ4v) is 2.63. The van der Waals surface area contributed by atoms with Gasteiger partial charge in [0.2, 0.25) is 0 Å². The lowest BCUT2D eigenvalue weighted by atomic mass is 10.0. The zero-order chi connectivity index (χ0) is 9.26. The summed E-state index contributed by atoms with van der Waals surface area (Å²) in [7, 11) is 0. The van der Waals surface area contributed by atoms with Crippen LogP contribution < -0.4 is 5.32 Å². The van der Waals surface area contributed by atoms with E-state index in [-0.39, 0.29) is 0 Å². The van der Waals surface area contributed by atoms with Crippen molar-refractivity contribution in [2.75, 3.05) is 26.2 Å². The van der Waals surface area contributed by atoms with E-state index in [4.69, 9.17) is 6.42 Å². The van der Waals surface area contributed by atoms with Crippen molar-refractivity contribution in [2.45, 2.75) is 19.4 Å². The topological polar surface area (TPSA) is 15.3 Å². The Morgan fingerprint density at radius 3 is 2.54 bits per heavy atom. The summed E-state index contributed by atoms with van der Waals surface area (Å²) in [6.07, 6.45) is 6.59. The molecule has 2 fully saturated rings. The van der Waals surface area contributed by atoms with E-state index in [1.54, 1.807) is 0 Å². The molecule has 72 valence electrons. The first kappa shape index (κ1) is 9.05. The van der Waals surface area contributed by atoms with E-state index in [0.717, 1.165) is 18.3 Å². The first-order valence-corrected chi connectivity index (χ1v) is 5.26. The van der Waals surface area contributed by atoms with Gasteiger partial charge in [-0.25, -0.2) is 0 Å². The molecule has 3 atom stereocenters. The number of nitrogens with zero attached hydrogens (tertiary/aromatic N) is 1. The van der Waals surface area contributed by atoms with Gasteiger partial charge < -0.3 is 5.32 Å². The Morgan fingerprint density at radius 2 is 2.08 bits per heavy atom. The molecule has 0 aromatic rings. The van der Waals surface area contributed by atoms with Crippen LogP contribution in [0, 0.1) is 24.2 Å². The van der Waals surface area contributed by atoms with Crippen LogP contribution in [0.1, 0.15) is 13.3 Å². The SMILES string of the molecule is C#CC(CC)N1C[C@H]2CNC[C@H]2C1. The Hall–Kier alpha value is -0.520. The zero-order valence-corrected chi connectivity index (χ0v) is 8.29. The molecule has 2 heteroatoms. The molecule has 0 bridgehead atoms.